The van der Waals surface area contributed by atoms with Crippen molar-refractivity contribution in [2.24, 2.45) is 0 Å². The number of carbonyl (C=O) groups is 1. The highest BCUT2D eigenvalue weighted by atomic mass is 32.1. The van der Waals surface area contributed by atoms with E-state index in [2.05, 4.69) is 21.9 Å². The van der Waals surface area contributed by atoms with Gasteiger partial charge in [0.25, 0.3) is 0 Å². The van der Waals surface area contributed by atoms with Crippen LogP contribution in [0.15, 0.2) is 54.6 Å². The highest BCUT2D eigenvalue weighted by Crippen LogP contribution is 2.34. The number of hydrogen-bond donors (Lipinski definition) is 0. The lowest BCUT2D eigenvalue weighted by atomic mass is 10.1. The number of carboxylic acids is 1. The predicted molar refractivity (Wildman–Crippen MR) is 114 cm³/mol. The number of nitrogens with zero attached hydrogens (tertiary/aromatic N) is 3. The lowest BCUT2D eigenvalue weighted by molar-refractivity contribution is -0.304. The Hall–Kier alpha value is -3.06. The highest BCUT2D eigenvalue weighted by molar-refractivity contribution is 7.16. The lowest BCUT2D eigenvalue weighted by Crippen LogP contribution is -2.46. The molecular weight excluding hydrogens is 386 g/mol. The molecule has 0 aliphatic carbocycles. The summed E-state index contributed by atoms with van der Waals surface area (Å²) in [5.74, 6) is -0.231. The number of ether oxygens (including phenoxy) is 1. The highest BCUT2D eigenvalue weighted by Gasteiger charge is 2.22. The molecule has 0 unspecified atom stereocenters. The average molecular weight is 409 g/mol. The van der Waals surface area contributed by atoms with Gasteiger partial charge in [-0.1, -0.05) is 30.3 Å². The zero-order valence-electron chi connectivity index (χ0n) is 16.2. The van der Waals surface area contributed by atoms with Crippen molar-refractivity contribution in [1.29, 1.82) is 0 Å². The Kier molecular flexibility index (Phi) is 5.67. The van der Waals surface area contributed by atoms with Gasteiger partial charge in [0.15, 0.2) is 5.13 Å². The van der Waals surface area contributed by atoms with E-state index in [9.17, 15) is 9.90 Å². The van der Waals surface area contributed by atoms with Gasteiger partial charge in [-0.05, 0) is 24.3 Å². The molecule has 6 nitrogen and oxygen atoms in total. The van der Waals surface area contributed by atoms with Gasteiger partial charge in [-0.25, -0.2) is 4.98 Å². The monoisotopic (exact) mass is 408 g/mol. The second-order valence-electron chi connectivity index (χ2n) is 6.86. The summed E-state index contributed by atoms with van der Waals surface area (Å²) >= 11 is 1.45. The molecule has 0 amide bonds. The molecule has 0 bridgehead atoms. The van der Waals surface area contributed by atoms with E-state index in [0.717, 1.165) is 53.2 Å². The molecule has 2 aromatic carbocycles. The number of thiazole rings is 1. The van der Waals surface area contributed by atoms with Crippen molar-refractivity contribution >= 4 is 28.1 Å². The van der Waals surface area contributed by atoms with Gasteiger partial charge in [0, 0.05) is 54.7 Å². The molecule has 0 N–H and O–H groups in total. The molecule has 29 heavy (non-hydrogen) atoms. The first-order valence-electron chi connectivity index (χ1n) is 9.53. The molecule has 0 saturated carbocycles. The van der Waals surface area contributed by atoms with Crippen molar-refractivity contribution in [3.8, 4) is 17.0 Å². The Balaban J connectivity index is 1.50. The summed E-state index contributed by atoms with van der Waals surface area (Å²) in [5, 5.41) is 12.1. The van der Waals surface area contributed by atoms with Gasteiger partial charge in [-0.2, -0.15) is 0 Å². The molecule has 1 aliphatic rings. The summed E-state index contributed by atoms with van der Waals surface area (Å²) in [5.41, 5.74) is 2.85. The number of piperazine rings is 1. The van der Waals surface area contributed by atoms with Crippen LogP contribution in [0.25, 0.3) is 11.3 Å². The van der Waals surface area contributed by atoms with Crippen molar-refractivity contribution in [3.63, 3.8) is 0 Å². The minimum Gasteiger partial charge on any atom is -0.550 e. The molecule has 1 aromatic heterocycles. The van der Waals surface area contributed by atoms with Crippen molar-refractivity contribution in [1.82, 2.24) is 4.98 Å². The summed E-state index contributed by atoms with van der Waals surface area (Å²) in [7, 11) is 1.67. The SMILES string of the molecule is COc1ccc(N2CCN(c3nc(-c4ccccc4)c(CC(=O)[O-])s3)CC2)cc1. The molecule has 1 saturated heterocycles. The fourth-order valence-electron chi connectivity index (χ4n) is 3.50. The second-order valence-corrected chi connectivity index (χ2v) is 7.92. The molecule has 1 aliphatic heterocycles. The third-order valence-corrected chi connectivity index (χ3v) is 6.14. The van der Waals surface area contributed by atoms with E-state index in [4.69, 9.17) is 9.72 Å². The number of methoxy groups -OCH3 is 1. The Labute approximate surface area is 174 Å². The van der Waals surface area contributed by atoms with Crippen LogP contribution >= 0.6 is 11.3 Å². The quantitative estimate of drug-likeness (QED) is 0.624. The topological polar surface area (TPSA) is 68.7 Å². The van der Waals surface area contributed by atoms with Crippen LogP contribution < -0.4 is 19.6 Å². The normalized spacial score (nSPS) is 14.1. The lowest BCUT2D eigenvalue weighted by Gasteiger charge is -2.36. The van der Waals surface area contributed by atoms with Crippen molar-refractivity contribution in [3.05, 3.63) is 59.5 Å². The summed E-state index contributed by atoms with van der Waals surface area (Å²) in [6, 6.07) is 17.8. The maximum absolute atomic E-state index is 11.2. The van der Waals surface area contributed by atoms with Crippen LogP contribution in [0, 0.1) is 0 Å². The first-order chi connectivity index (χ1) is 14.1. The second kappa shape index (κ2) is 8.53. The first kappa shape index (κ1) is 19.3. The van der Waals surface area contributed by atoms with Gasteiger partial charge < -0.3 is 24.4 Å². The number of carbonyl (C=O) groups excluding carboxylic acids is 1. The van der Waals surface area contributed by atoms with Crippen LogP contribution in [0.3, 0.4) is 0 Å². The first-order valence-corrected chi connectivity index (χ1v) is 10.3. The van der Waals surface area contributed by atoms with Crippen LogP contribution in [-0.4, -0.2) is 44.2 Å². The van der Waals surface area contributed by atoms with Crippen LogP contribution in [-0.2, 0) is 11.2 Å². The number of aliphatic carboxylic acids is 1. The Morgan fingerprint density at radius 2 is 1.69 bits per heavy atom. The maximum Gasteiger partial charge on any atom is 0.186 e. The number of aromatic nitrogens is 1. The molecular formula is C22H22N3O3S-. The van der Waals surface area contributed by atoms with Crippen molar-refractivity contribution < 1.29 is 14.6 Å². The minimum absolute atomic E-state index is 0.117. The third-order valence-electron chi connectivity index (χ3n) is 5.03. The van der Waals surface area contributed by atoms with Crippen LogP contribution in [0.5, 0.6) is 5.75 Å². The van der Waals surface area contributed by atoms with Crippen molar-refractivity contribution in [2.75, 3.05) is 43.1 Å². The van der Waals surface area contributed by atoms with E-state index in [-0.39, 0.29) is 6.42 Å². The van der Waals surface area contributed by atoms with Crippen LogP contribution in [0.2, 0.25) is 0 Å². The van der Waals surface area contributed by atoms with E-state index in [0.29, 0.717) is 0 Å². The predicted octanol–water partition coefficient (Wildman–Crippen LogP) is 2.44. The number of rotatable bonds is 6. The summed E-state index contributed by atoms with van der Waals surface area (Å²) in [6.07, 6.45) is -0.117. The summed E-state index contributed by atoms with van der Waals surface area (Å²) < 4.78 is 5.23. The summed E-state index contributed by atoms with van der Waals surface area (Å²) in [4.78, 5) is 21.3. The molecule has 0 radical (unpaired) electrons. The largest absolute Gasteiger partial charge is 0.550 e. The Morgan fingerprint density at radius 3 is 2.31 bits per heavy atom. The molecule has 7 heteroatoms. The number of carboxylic acid groups (broad SMARTS) is 1. The zero-order chi connectivity index (χ0) is 20.2. The van der Waals surface area contributed by atoms with Gasteiger partial charge in [0.2, 0.25) is 0 Å². The number of hydrogen-bond acceptors (Lipinski definition) is 7. The molecule has 150 valence electrons. The molecule has 3 aromatic rings. The molecule has 4 rings (SSSR count). The smallest absolute Gasteiger partial charge is 0.186 e. The van der Waals surface area contributed by atoms with E-state index in [1.54, 1.807) is 7.11 Å². The fraction of sp³-hybridized carbons (Fsp3) is 0.273. The minimum atomic E-state index is -1.08. The zero-order valence-corrected chi connectivity index (χ0v) is 17.0. The average Bonchev–Trinajstić information content (AvgIpc) is 3.17. The molecule has 0 atom stereocenters. The van der Waals surface area contributed by atoms with E-state index in [1.165, 1.54) is 17.0 Å². The van der Waals surface area contributed by atoms with E-state index in [1.807, 2.05) is 42.5 Å². The Bertz CT molecular complexity index is 965. The Morgan fingerprint density at radius 1 is 1.03 bits per heavy atom. The third kappa shape index (κ3) is 4.35. The maximum atomic E-state index is 11.2. The molecule has 1 fully saturated rings. The number of benzene rings is 2. The van der Waals surface area contributed by atoms with Crippen LogP contribution in [0.4, 0.5) is 10.8 Å². The van der Waals surface area contributed by atoms with Gasteiger partial charge in [-0.3, -0.25) is 0 Å². The van der Waals surface area contributed by atoms with Crippen molar-refractivity contribution in [2.45, 2.75) is 6.42 Å². The van der Waals surface area contributed by atoms with Crippen LogP contribution in [0.1, 0.15) is 4.88 Å². The molecule has 0 spiro atoms. The van der Waals surface area contributed by atoms with E-state index < -0.39 is 5.97 Å². The fourth-order valence-corrected chi connectivity index (χ4v) is 4.62. The van der Waals surface area contributed by atoms with Gasteiger partial charge in [0.1, 0.15) is 5.75 Å². The standard InChI is InChI=1S/C22H23N3O3S/c1-28-18-9-7-17(8-10-18)24-11-13-25(14-12-24)22-23-21(16-5-3-2-4-6-16)19(29-22)15-20(26)27/h2-10H,11-15H2,1H3,(H,26,27)/p-1. The summed E-state index contributed by atoms with van der Waals surface area (Å²) in [6.45, 7) is 3.42. The number of anilines is 2. The molecule has 2 heterocycles. The van der Waals surface area contributed by atoms with Gasteiger partial charge >= 0.3 is 0 Å². The van der Waals surface area contributed by atoms with Gasteiger partial charge in [-0.15, -0.1) is 11.3 Å². The van der Waals surface area contributed by atoms with E-state index >= 15 is 0 Å². The van der Waals surface area contributed by atoms with Gasteiger partial charge in [0.05, 0.1) is 12.8 Å².